The van der Waals surface area contributed by atoms with Gasteiger partial charge in [0, 0.05) is 39.1 Å². The lowest BCUT2D eigenvalue weighted by Gasteiger charge is -2.16. The van der Waals surface area contributed by atoms with Gasteiger partial charge < -0.3 is 33.6 Å². The van der Waals surface area contributed by atoms with Crippen molar-refractivity contribution >= 4 is 45.8 Å². The Morgan fingerprint density at radius 1 is 0.703 bits per heavy atom. The van der Waals surface area contributed by atoms with Gasteiger partial charge in [0.15, 0.2) is 34.3 Å². The molecule has 0 aliphatic carbocycles. The lowest BCUT2D eigenvalue weighted by Crippen LogP contribution is -2.09. The standard InChI is InChI=1S/C26H20O11/c1-11(27)33-19-9-17-18(10-20(19)34-12(2)28)37-24-22(17)26(36-14(4)30)25(35-13(3)29)21(23(24)32)15-5-7-16(31)8-6-15/h5-10,31-32H,1-4H3. The Hall–Kier alpha value is -5.06. The molecule has 0 fully saturated rings. The molecule has 0 aliphatic rings. The second kappa shape index (κ2) is 9.53. The average molecular weight is 508 g/mol. The van der Waals surface area contributed by atoms with E-state index in [1.807, 2.05) is 0 Å². The fourth-order valence-electron chi connectivity index (χ4n) is 3.79. The maximum atomic E-state index is 12.1. The number of ether oxygens (including phenoxy) is 4. The molecule has 1 heterocycles. The van der Waals surface area contributed by atoms with Crippen LogP contribution in [-0.2, 0) is 19.2 Å². The van der Waals surface area contributed by atoms with E-state index in [2.05, 4.69) is 0 Å². The molecule has 0 atom stereocenters. The van der Waals surface area contributed by atoms with E-state index in [1.165, 1.54) is 36.4 Å². The zero-order valence-corrected chi connectivity index (χ0v) is 20.0. The molecular formula is C26H20O11. The van der Waals surface area contributed by atoms with E-state index >= 15 is 0 Å². The quantitative estimate of drug-likeness (QED) is 0.291. The molecule has 4 aromatic rings. The highest BCUT2D eigenvalue weighted by Crippen LogP contribution is 2.54. The zero-order chi connectivity index (χ0) is 27.0. The Bertz CT molecular complexity index is 1590. The number of benzene rings is 3. The zero-order valence-electron chi connectivity index (χ0n) is 20.0. The van der Waals surface area contributed by atoms with Gasteiger partial charge in [0.25, 0.3) is 0 Å². The van der Waals surface area contributed by atoms with Crippen molar-refractivity contribution < 1.29 is 52.8 Å². The molecule has 0 aliphatic heterocycles. The summed E-state index contributed by atoms with van der Waals surface area (Å²) in [6.45, 7) is 4.55. The summed E-state index contributed by atoms with van der Waals surface area (Å²) in [7, 11) is 0. The summed E-state index contributed by atoms with van der Waals surface area (Å²) in [5, 5.41) is 21.2. The normalized spacial score (nSPS) is 10.8. The summed E-state index contributed by atoms with van der Waals surface area (Å²) in [6.07, 6.45) is 0. The van der Waals surface area contributed by atoms with Crippen LogP contribution >= 0.6 is 0 Å². The van der Waals surface area contributed by atoms with E-state index in [-0.39, 0.29) is 56.2 Å². The van der Waals surface area contributed by atoms with Crippen LogP contribution in [0, 0.1) is 0 Å². The monoisotopic (exact) mass is 508 g/mol. The topological polar surface area (TPSA) is 159 Å². The Morgan fingerprint density at radius 2 is 1.22 bits per heavy atom. The van der Waals surface area contributed by atoms with Crippen LogP contribution in [0.3, 0.4) is 0 Å². The molecule has 11 nitrogen and oxygen atoms in total. The molecule has 0 bridgehead atoms. The molecule has 190 valence electrons. The third kappa shape index (κ3) is 4.87. The first-order chi connectivity index (χ1) is 17.5. The molecule has 37 heavy (non-hydrogen) atoms. The van der Waals surface area contributed by atoms with Crippen molar-refractivity contribution in [1.29, 1.82) is 0 Å². The first kappa shape index (κ1) is 25.0. The number of rotatable bonds is 5. The van der Waals surface area contributed by atoms with Gasteiger partial charge in [-0.2, -0.15) is 0 Å². The highest BCUT2D eigenvalue weighted by Gasteiger charge is 2.30. The van der Waals surface area contributed by atoms with Crippen molar-refractivity contribution in [2.24, 2.45) is 0 Å². The molecule has 0 saturated carbocycles. The highest BCUT2D eigenvalue weighted by molar-refractivity contribution is 6.15. The van der Waals surface area contributed by atoms with Crippen LogP contribution in [0.2, 0.25) is 0 Å². The van der Waals surface area contributed by atoms with Crippen LogP contribution in [0.25, 0.3) is 33.1 Å². The third-order valence-corrected chi connectivity index (χ3v) is 5.02. The van der Waals surface area contributed by atoms with E-state index in [9.17, 15) is 29.4 Å². The van der Waals surface area contributed by atoms with Crippen LogP contribution in [0.4, 0.5) is 0 Å². The van der Waals surface area contributed by atoms with Crippen LogP contribution in [0.5, 0.6) is 34.5 Å². The number of aromatic hydroxyl groups is 2. The summed E-state index contributed by atoms with van der Waals surface area (Å²) in [5.74, 6) is -4.33. The molecule has 0 radical (unpaired) electrons. The van der Waals surface area contributed by atoms with Crippen molar-refractivity contribution in [1.82, 2.24) is 0 Å². The van der Waals surface area contributed by atoms with Crippen molar-refractivity contribution in [3.63, 3.8) is 0 Å². The molecule has 0 saturated heterocycles. The van der Waals surface area contributed by atoms with Crippen LogP contribution in [0.1, 0.15) is 27.7 Å². The Balaban J connectivity index is 2.18. The SMILES string of the molecule is CC(=O)Oc1cc2oc3c(O)c(-c4ccc(O)cc4)c(OC(C)=O)c(OC(C)=O)c3c2cc1OC(C)=O. The smallest absolute Gasteiger partial charge is 0.308 e. The number of furan rings is 1. The number of hydrogen-bond acceptors (Lipinski definition) is 11. The molecule has 1 aromatic heterocycles. The van der Waals surface area contributed by atoms with Gasteiger partial charge in [-0.25, -0.2) is 0 Å². The van der Waals surface area contributed by atoms with Gasteiger partial charge in [0.2, 0.25) is 0 Å². The maximum Gasteiger partial charge on any atom is 0.308 e. The minimum atomic E-state index is -0.780. The second-order valence-corrected chi connectivity index (χ2v) is 7.90. The van der Waals surface area contributed by atoms with Gasteiger partial charge in [-0.3, -0.25) is 19.2 Å². The second-order valence-electron chi connectivity index (χ2n) is 7.90. The molecule has 0 spiro atoms. The Kier molecular flexibility index (Phi) is 6.45. The fourth-order valence-corrected chi connectivity index (χ4v) is 3.79. The number of phenols is 2. The van der Waals surface area contributed by atoms with Gasteiger partial charge in [-0.1, -0.05) is 12.1 Å². The molecule has 3 aromatic carbocycles. The molecule has 2 N–H and O–H groups in total. The number of hydrogen-bond donors (Lipinski definition) is 2. The number of fused-ring (bicyclic) bond motifs is 3. The minimum Gasteiger partial charge on any atom is -0.508 e. The van der Waals surface area contributed by atoms with Crippen molar-refractivity contribution in [3.05, 3.63) is 36.4 Å². The first-order valence-corrected chi connectivity index (χ1v) is 10.8. The third-order valence-electron chi connectivity index (χ3n) is 5.02. The minimum absolute atomic E-state index is 0.0178. The average Bonchev–Trinajstić information content (AvgIpc) is 3.15. The number of carbonyl (C=O) groups is 4. The summed E-state index contributed by atoms with van der Waals surface area (Å²) in [6, 6.07) is 8.14. The van der Waals surface area contributed by atoms with Gasteiger partial charge in [-0.15, -0.1) is 0 Å². The summed E-state index contributed by atoms with van der Waals surface area (Å²) >= 11 is 0. The van der Waals surface area contributed by atoms with Crippen LogP contribution in [-0.4, -0.2) is 34.1 Å². The lowest BCUT2D eigenvalue weighted by atomic mass is 9.99. The number of carbonyl (C=O) groups excluding carboxylic acids is 4. The largest absolute Gasteiger partial charge is 0.508 e. The molecule has 0 amide bonds. The molecule has 0 unspecified atom stereocenters. The first-order valence-electron chi connectivity index (χ1n) is 10.8. The van der Waals surface area contributed by atoms with Gasteiger partial charge >= 0.3 is 23.9 Å². The fraction of sp³-hybridized carbons (Fsp3) is 0.154. The predicted molar refractivity (Wildman–Crippen MR) is 128 cm³/mol. The summed E-state index contributed by atoms with van der Waals surface area (Å²) in [5.41, 5.74) is 0.128. The van der Waals surface area contributed by atoms with Gasteiger partial charge in [0.05, 0.1) is 10.9 Å². The molecule has 11 heteroatoms. The van der Waals surface area contributed by atoms with E-state index in [4.69, 9.17) is 23.4 Å². The van der Waals surface area contributed by atoms with Gasteiger partial charge in [0.1, 0.15) is 11.3 Å². The van der Waals surface area contributed by atoms with E-state index in [0.717, 1.165) is 27.7 Å². The number of phenolic OH excluding ortho intramolecular Hbond substituents is 2. The van der Waals surface area contributed by atoms with E-state index in [0.29, 0.717) is 5.56 Å². The van der Waals surface area contributed by atoms with Crippen LogP contribution in [0.15, 0.2) is 40.8 Å². The molecular weight excluding hydrogens is 488 g/mol. The van der Waals surface area contributed by atoms with E-state index < -0.39 is 29.6 Å². The van der Waals surface area contributed by atoms with Crippen LogP contribution < -0.4 is 18.9 Å². The highest BCUT2D eigenvalue weighted by atomic mass is 16.6. The van der Waals surface area contributed by atoms with Gasteiger partial charge in [-0.05, 0) is 23.8 Å². The predicted octanol–water partition coefficient (Wildman–Crippen LogP) is 4.37. The Labute approximate surface area is 208 Å². The van der Waals surface area contributed by atoms with Crippen molar-refractivity contribution in [3.8, 4) is 45.6 Å². The molecule has 4 rings (SSSR count). The summed E-state index contributed by atoms with van der Waals surface area (Å²) < 4.78 is 27.1. The van der Waals surface area contributed by atoms with Crippen molar-refractivity contribution in [2.75, 3.05) is 0 Å². The number of esters is 4. The lowest BCUT2D eigenvalue weighted by molar-refractivity contribution is -0.134. The summed E-state index contributed by atoms with van der Waals surface area (Å²) in [4.78, 5) is 47.4. The maximum absolute atomic E-state index is 12.1. The Morgan fingerprint density at radius 3 is 1.76 bits per heavy atom. The van der Waals surface area contributed by atoms with Crippen molar-refractivity contribution in [2.45, 2.75) is 27.7 Å². The van der Waals surface area contributed by atoms with E-state index in [1.54, 1.807) is 0 Å².